The van der Waals surface area contributed by atoms with Crippen LogP contribution in [0.1, 0.15) is 6.92 Å². The Morgan fingerprint density at radius 2 is 2.32 bits per heavy atom. The lowest BCUT2D eigenvalue weighted by Crippen LogP contribution is -2.41. The van der Waals surface area contributed by atoms with Crippen LogP contribution in [0.5, 0.6) is 5.75 Å². The van der Waals surface area contributed by atoms with Gasteiger partial charge in [-0.1, -0.05) is 0 Å². The highest BCUT2D eigenvalue weighted by molar-refractivity contribution is 9.10. The van der Waals surface area contributed by atoms with Gasteiger partial charge in [-0.3, -0.25) is 4.79 Å². The lowest BCUT2D eigenvalue weighted by molar-refractivity contribution is -0.127. The van der Waals surface area contributed by atoms with Crippen LogP contribution in [0.4, 0.5) is 4.39 Å². The highest BCUT2D eigenvalue weighted by atomic mass is 79.9. The van der Waals surface area contributed by atoms with Gasteiger partial charge in [0.25, 0.3) is 5.91 Å². The first kappa shape index (κ1) is 19.2. The number of hydrogen-bond donors (Lipinski definition) is 3. The zero-order chi connectivity index (χ0) is 15.4. The Labute approximate surface area is 143 Å². The Kier molecular flexibility index (Phi) is 7.55. The molecule has 124 valence electrons. The van der Waals surface area contributed by atoms with Crippen LogP contribution in [0.2, 0.25) is 0 Å². The third-order valence-corrected chi connectivity index (χ3v) is 4.03. The van der Waals surface area contributed by atoms with Crippen LogP contribution in [0.25, 0.3) is 0 Å². The van der Waals surface area contributed by atoms with Gasteiger partial charge in [-0.05, 0) is 41.1 Å². The van der Waals surface area contributed by atoms with Crippen LogP contribution >= 0.6 is 28.3 Å². The highest BCUT2D eigenvalue weighted by Crippen LogP contribution is 2.26. The predicted molar refractivity (Wildman–Crippen MR) is 86.8 cm³/mol. The van der Waals surface area contributed by atoms with Crippen molar-refractivity contribution >= 4 is 34.2 Å². The van der Waals surface area contributed by atoms with E-state index in [2.05, 4.69) is 26.6 Å². The van der Waals surface area contributed by atoms with Crippen LogP contribution < -0.4 is 15.4 Å². The number of benzene rings is 1. The standard InChI is InChI=1S/C14H18BrFN2O3.ClH/c1-8(21-13-3-2-10(16)4-11(13)15)14(20)18-6-9-5-17-7-12(9)19;/h2-4,8-9,12,17,19H,5-7H2,1H3,(H,18,20);1H. The number of aliphatic hydroxyl groups excluding tert-OH is 1. The smallest absolute Gasteiger partial charge is 0.260 e. The van der Waals surface area contributed by atoms with Crippen molar-refractivity contribution in [1.82, 2.24) is 10.6 Å². The van der Waals surface area contributed by atoms with Crippen molar-refractivity contribution in [3.63, 3.8) is 0 Å². The molecule has 1 aromatic carbocycles. The zero-order valence-electron chi connectivity index (χ0n) is 12.0. The van der Waals surface area contributed by atoms with Gasteiger partial charge in [0.1, 0.15) is 11.6 Å². The lowest BCUT2D eigenvalue weighted by atomic mass is 10.1. The molecule has 3 unspecified atom stereocenters. The van der Waals surface area contributed by atoms with E-state index in [1.807, 2.05) is 0 Å². The summed E-state index contributed by atoms with van der Waals surface area (Å²) >= 11 is 3.19. The van der Waals surface area contributed by atoms with Crippen molar-refractivity contribution in [1.29, 1.82) is 0 Å². The number of halogens is 3. The summed E-state index contributed by atoms with van der Waals surface area (Å²) in [4.78, 5) is 12.0. The highest BCUT2D eigenvalue weighted by Gasteiger charge is 2.26. The molecule has 3 N–H and O–H groups in total. The molecule has 0 aromatic heterocycles. The molecule has 5 nitrogen and oxygen atoms in total. The van der Waals surface area contributed by atoms with Gasteiger partial charge in [-0.2, -0.15) is 0 Å². The lowest BCUT2D eigenvalue weighted by Gasteiger charge is -2.18. The average Bonchev–Trinajstić information content (AvgIpc) is 2.84. The SMILES string of the molecule is CC(Oc1ccc(F)cc1Br)C(=O)NCC1CNCC1O.Cl. The Bertz CT molecular complexity index is 521. The number of nitrogens with one attached hydrogen (secondary N) is 2. The molecule has 1 amide bonds. The third-order valence-electron chi connectivity index (χ3n) is 3.41. The second-order valence-electron chi connectivity index (χ2n) is 5.07. The van der Waals surface area contributed by atoms with E-state index in [0.29, 0.717) is 29.9 Å². The fourth-order valence-electron chi connectivity index (χ4n) is 2.12. The molecule has 2 rings (SSSR count). The van der Waals surface area contributed by atoms with Crippen LogP contribution in [0.3, 0.4) is 0 Å². The van der Waals surface area contributed by atoms with Crippen LogP contribution in [0, 0.1) is 11.7 Å². The summed E-state index contributed by atoms with van der Waals surface area (Å²) < 4.78 is 18.9. The number of β-amino-alcohol motifs (C(OH)–C–C–N with tert-alkyl or cyclic N) is 1. The van der Waals surface area contributed by atoms with Crippen molar-refractivity contribution in [3.05, 3.63) is 28.5 Å². The second kappa shape index (κ2) is 8.67. The number of carbonyl (C=O) groups excluding carboxylic acids is 1. The molecule has 1 aliphatic rings. The fourth-order valence-corrected chi connectivity index (χ4v) is 2.56. The molecule has 3 atom stereocenters. The minimum Gasteiger partial charge on any atom is -0.480 e. The summed E-state index contributed by atoms with van der Waals surface area (Å²) in [7, 11) is 0. The summed E-state index contributed by atoms with van der Waals surface area (Å²) in [5.41, 5.74) is 0. The van der Waals surface area contributed by atoms with E-state index in [9.17, 15) is 14.3 Å². The monoisotopic (exact) mass is 396 g/mol. The molecule has 8 heteroatoms. The number of aliphatic hydroxyl groups is 1. The second-order valence-corrected chi connectivity index (χ2v) is 5.92. The molecule has 1 saturated heterocycles. The Hall–Kier alpha value is -0.890. The van der Waals surface area contributed by atoms with Gasteiger partial charge in [0.15, 0.2) is 6.10 Å². The minimum atomic E-state index is -0.710. The zero-order valence-corrected chi connectivity index (χ0v) is 14.4. The van der Waals surface area contributed by atoms with Gasteiger partial charge in [0, 0.05) is 25.6 Å². The van der Waals surface area contributed by atoms with Crippen molar-refractivity contribution in [2.75, 3.05) is 19.6 Å². The van der Waals surface area contributed by atoms with Gasteiger partial charge >= 0.3 is 0 Å². The molecule has 0 radical (unpaired) electrons. The first-order chi connectivity index (χ1) is 9.97. The van der Waals surface area contributed by atoms with Gasteiger partial charge in [-0.15, -0.1) is 12.4 Å². The third kappa shape index (κ3) is 5.08. The largest absolute Gasteiger partial charge is 0.480 e. The minimum absolute atomic E-state index is 0. The summed E-state index contributed by atoms with van der Waals surface area (Å²) in [6, 6.07) is 4.01. The van der Waals surface area contributed by atoms with E-state index in [-0.39, 0.29) is 30.0 Å². The number of hydrogen-bond acceptors (Lipinski definition) is 4. The predicted octanol–water partition coefficient (Wildman–Crippen LogP) is 1.47. The molecule has 1 aliphatic heterocycles. The molecule has 1 aromatic rings. The van der Waals surface area contributed by atoms with Crippen LogP contribution in [0.15, 0.2) is 22.7 Å². The van der Waals surface area contributed by atoms with Gasteiger partial charge in [-0.25, -0.2) is 4.39 Å². The summed E-state index contributed by atoms with van der Waals surface area (Å²) in [5, 5.41) is 15.5. The summed E-state index contributed by atoms with van der Waals surface area (Å²) in [6.45, 7) is 3.25. The summed E-state index contributed by atoms with van der Waals surface area (Å²) in [6.07, 6.45) is -1.15. The van der Waals surface area contributed by atoms with Crippen molar-refractivity contribution in [3.8, 4) is 5.75 Å². The van der Waals surface area contributed by atoms with Gasteiger partial charge < -0.3 is 20.5 Å². The molecule has 0 bridgehead atoms. The topological polar surface area (TPSA) is 70.6 Å². The van der Waals surface area contributed by atoms with E-state index in [0.717, 1.165) is 0 Å². The van der Waals surface area contributed by atoms with Crippen molar-refractivity contribution in [2.45, 2.75) is 19.1 Å². The van der Waals surface area contributed by atoms with Gasteiger partial charge in [0.05, 0.1) is 10.6 Å². The molecular formula is C14H19BrClFN2O3. The van der Waals surface area contributed by atoms with Crippen LogP contribution in [-0.2, 0) is 4.79 Å². The Morgan fingerprint density at radius 3 is 2.91 bits per heavy atom. The van der Waals surface area contributed by atoms with Crippen molar-refractivity contribution in [2.24, 2.45) is 5.92 Å². The number of carbonyl (C=O) groups is 1. The normalized spacial score (nSPS) is 21.8. The van der Waals surface area contributed by atoms with Gasteiger partial charge in [0.2, 0.25) is 0 Å². The first-order valence-corrected chi connectivity index (χ1v) is 7.55. The van der Waals surface area contributed by atoms with Crippen molar-refractivity contribution < 1.29 is 19.0 Å². The molecule has 1 fully saturated rings. The molecule has 1 heterocycles. The number of rotatable bonds is 5. The molecule has 0 saturated carbocycles. The van der Waals surface area contributed by atoms with E-state index in [1.54, 1.807) is 6.92 Å². The maximum absolute atomic E-state index is 13.0. The van der Waals surface area contributed by atoms with E-state index >= 15 is 0 Å². The summed E-state index contributed by atoms with van der Waals surface area (Å²) in [5.74, 6) is -0.236. The quantitative estimate of drug-likeness (QED) is 0.704. The maximum atomic E-state index is 13.0. The average molecular weight is 398 g/mol. The Morgan fingerprint density at radius 1 is 1.59 bits per heavy atom. The van der Waals surface area contributed by atoms with E-state index < -0.39 is 12.2 Å². The Balaban J connectivity index is 0.00000242. The molecule has 0 aliphatic carbocycles. The van der Waals surface area contributed by atoms with Crippen LogP contribution in [-0.4, -0.2) is 42.9 Å². The molecule has 22 heavy (non-hydrogen) atoms. The number of ether oxygens (including phenoxy) is 1. The van der Waals surface area contributed by atoms with E-state index in [1.165, 1.54) is 18.2 Å². The number of amides is 1. The first-order valence-electron chi connectivity index (χ1n) is 6.75. The van der Waals surface area contributed by atoms with E-state index in [4.69, 9.17) is 4.74 Å². The molecular weight excluding hydrogens is 379 g/mol. The molecule has 0 spiro atoms. The maximum Gasteiger partial charge on any atom is 0.260 e. The fraction of sp³-hybridized carbons (Fsp3) is 0.500.